The van der Waals surface area contributed by atoms with Gasteiger partial charge in [-0.2, -0.15) is 0 Å². The molecule has 0 spiro atoms. The average Bonchev–Trinajstić information content (AvgIpc) is 1.87. The van der Waals surface area contributed by atoms with Crippen molar-refractivity contribution in [3.63, 3.8) is 0 Å². The van der Waals surface area contributed by atoms with Crippen LogP contribution in [0.3, 0.4) is 0 Å². The second kappa shape index (κ2) is 15.2. The summed E-state index contributed by atoms with van der Waals surface area (Å²) in [5.41, 5.74) is 0. The van der Waals surface area contributed by atoms with Gasteiger partial charge in [-0.05, 0) is 13.8 Å². The maximum absolute atomic E-state index is 4.50. The number of thiocarbonyl (C=S) groups is 2. The summed E-state index contributed by atoms with van der Waals surface area (Å²) in [4.78, 5) is 0. The van der Waals surface area contributed by atoms with Crippen LogP contribution < -0.4 is 10.6 Å². The number of nitrogens with one attached hydrogen (secondary N) is 2. The molecule has 2 nitrogen and oxygen atoms in total. The Kier molecular flexibility index (Phi) is 22.6. The van der Waals surface area contributed by atoms with Crippen LogP contribution in [0.1, 0.15) is 13.8 Å². The zero-order valence-corrected chi connectivity index (χ0v) is 12.4. The van der Waals surface area contributed by atoms with Crippen LogP contribution >= 0.6 is 24.4 Å². The molecule has 0 bridgehead atoms. The summed E-state index contributed by atoms with van der Waals surface area (Å²) < 4.78 is 0.912. The Hall–Kier alpha value is 0.739. The molecule has 0 fully saturated rings. The zero-order chi connectivity index (χ0) is 9.98. The zero-order valence-electron chi connectivity index (χ0n) is 7.46. The Morgan fingerprint density at radius 1 is 1.00 bits per heavy atom. The maximum Gasteiger partial charge on any atom is 2.00 e. The van der Waals surface area contributed by atoms with Gasteiger partial charge in [-0.3, -0.25) is 0 Å². The summed E-state index contributed by atoms with van der Waals surface area (Å²) >= 11 is 18.0. The van der Waals surface area contributed by atoms with E-state index in [9.17, 15) is 0 Å². The van der Waals surface area contributed by atoms with Crippen LogP contribution in [-0.2, 0) is 25.3 Å². The molecule has 0 saturated carbocycles. The van der Waals surface area contributed by atoms with E-state index in [4.69, 9.17) is 0 Å². The van der Waals surface area contributed by atoms with E-state index < -0.39 is 0 Å². The van der Waals surface area contributed by atoms with Crippen molar-refractivity contribution >= 4 is 75.4 Å². The topological polar surface area (TPSA) is 24.1 Å². The first-order valence-corrected chi connectivity index (χ1v) is 5.07. The van der Waals surface area contributed by atoms with Gasteiger partial charge in [0.1, 0.15) is 0 Å². The van der Waals surface area contributed by atoms with Gasteiger partial charge in [-0.1, -0.05) is 8.64 Å². The van der Waals surface area contributed by atoms with Gasteiger partial charge < -0.3 is 60.3 Å². The van der Waals surface area contributed by atoms with Crippen LogP contribution in [0.4, 0.5) is 0 Å². The molecule has 2 N–H and O–H groups in total. The van der Waals surface area contributed by atoms with Crippen molar-refractivity contribution in [1.82, 2.24) is 10.6 Å². The number of hydrogen-bond acceptors (Lipinski definition) is 4. The molecule has 76 valence electrons. The van der Waals surface area contributed by atoms with E-state index in [2.05, 4.69) is 60.3 Å². The van der Waals surface area contributed by atoms with Gasteiger partial charge in [0.15, 0.2) is 0 Å². The van der Waals surface area contributed by atoms with Gasteiger partial charge in [-0.25, -0.2) is 0 Å². The van der Waals surface area contributed by atoms with Crippen molar-refractivity contribution in [2.24, 2.45) is 0 Å². The molecule has 0 aromatic carbocycles. The van der Waals surface area contributed by atoms with Gasteiger partial charge in [0.2, 0.25) is 0 Å². The molecule has 0 aliphatic rings. The molecule has 7 heteroatoms. The van der Waals surface area contributed by atoms with Crippen LogP contribution in [0, 0.1) is 0 Å². The second-order valence-corrected chi connectivity index (χ2v) is 3.79. The minimum absolute atomic E-state index is 0. The Morgan fingerprint density at radius 2 is 1.23 bits per heavy atom. The first kappa shape index (κ1) is 19.3. The maximum atomic E-state index is 4.50. The summed E-state index contributed by atoms with van der Waals surface area (Å²) in [5, 5.41) is 5.51. The summed E-state index contributed by atoms with van der Waals surface area (Å²) in [7, 11) is 0. The van der Waals surface area contributed by atoms with Crippen LogP contribution in [0.5, 0.6) is 0 Å². The number of rotatable bonds is 2. The van der Waals surface area contributed by atoms with Gasteiger partial charge in [0, 0.05) is 13.1 Å². The summed E-state index contributed by atoms with van der Waals surface area (Å²) in [6.45, 7) is 5.59. The van der Waals surface area contributed by atoms with Gasteiger partial charge in [0.05, 0.1) is 0 Å². The van der Waals surface area contributed by atoms with Crippen molar-refractivity contribution in [2.75, 3.05) is 13.1 Å². The molecule has 0 amide bonds. The number of hydrogen-bond donors (Lipinski definition) is 2. The Labute approximate surface area is 112 Å². The molecule has 0 aromatic rings. The van der Waals surface area contributed by atoms with E-state index in [0.717, 1.165) is 13.1 Å². The van der Waals surface area contributed by atoms with Gasteiger partial charge in [0.25, 0.3) is 0 Å². The largest absolute Gasteiger partial charge is 2.00 e. The van der Waals surface area contributed by atoms with E-state index in [0.29, 0.717) is 8.64 Å². The first-order valence-electron chi connectivity index (χ1n) is 3.44. The predicted octanol–water partition coefficient (Wildman–Crippen LogP) is 0.475. The molecule has 13 heavy (non-hydrogen) atoms. The van der Waals surface area contributed by atoms with E-state index in [1.165, 1.54) is 0 Å². The molecular weight excluding hydrogens is 307 g/mol. The fraction of sp³-hybridized carbons (Fsp3) is 0.667. The standard InChI is InChI=1S/2C3H7NS2.Se/c2*1-2-4-3(5)6;/h2*2H2,1H3,(H2,4,5,6);/q;;+2/p-2. The first-order chi connectivity index (χ1) is 5.54. The second-order valence-electron chi connectivity index (χ2n) is 1.64. The third-order valence-electron chi connectivity index (χ3n) is 0.642. The quantitative estimate of drug-likeness (QED) is 0.436. The molecule has 0 rings (SSSR count). The third-order valence-corrected chi connectivity index (χ3v) is 1.22. The van der Waals surface area contributed by atoms with Crippen LogP contribution in [-0.4, -0.2) is 38.8 Å². The average molecular weight is 319 g/mol. The van der Waals surface area contributed by atoms with E-state index >= 15 is 0 Å². The Balaban J connectivity index is -0.000000143. The molecule has 0 aliphatic carbocycles. The molecule has 0 atom stereocenters. The summed E-state index contributed by atoms with van der Waals surface area (Å²) in [6.07, 6.45) is 0. The molecule has 0 unspecified atom stereocenters. The third kappa shape index (κ3) is 32.3. The van der Waals surface area contributed by atoms with Crippen molar-refractivity contribution in [3.8, 4) is 0 Å². The fourth-order valence-electron chi connectivity index (χ4n) is 0.289. The Bertz CT molecular complexity index is 127. The minimum atomic E-state index is 0. The van der Waals surface area contributed by atoms with Gasteiger partial charge >= 0.3 is 17.1 Å². The van der Waals surface area contributed by atoms with Gasteiger partial charge in [-0.15, -0.1) is 0 Å². The summed E-state index contributed by atoms with van der Waals surface area (Å²) in [5.74, 6) is 0. The molecule has 0 heterocycles. The normalized spacial score (nSPS) is 6.92. The van der Waals surface area contributed by atoms with E-state index in [1.54, 1.807) is 0 Å². The van der Waals surface area contributed by atoms with Crippen molar-refractivity contribution < 1.29 is 0 Å². The predicted molar refractivity (Wildman–Crippen MR) is 73.0 cm³/mol. The molecule has 0 aliphatic heterocycles. The van der Waals surface area contributed by atoms with Crippen LogP contribution in [0.15, 0.2) is 0 Å². The molecular formula is C6H12N2S4Se. The van der Waals surface area contributed by atoms with Crippen LogP contribution in [0.2, 0.25) is 0 Å². The summed E-state index contributed by atoms with van der Waals surface area (Å²) in [6, 6.07) is 0. The molecule has 0 aromatic heterocycles. The van der Waals surface area contributed by atoms with E-state index in [-0.39, 0.29) is 17.1 Å². The fourth-order valence-corrected chi connectivity index (χ4v) is 0.866. The SMILES string of the molecule is CCNC(=S)[S-].CCNC(=S)[S-].[Se+2]. The van der Waals surface area contributed by atoms with E-state index in [1.807, 2.05) is 13.8 Å². The monoisotopic (exact) mass is 320 g/mol. The molecule has 0 saturated heterocycles. The van der Waals surface area contributed by atoms with Crippen molar-refractivity contribution in [2.45, 2.75) is 13.8 Å². The Morgan fingerprint density at radius 3 is 1.23 bits per heavy atom. The van der Waals surface area contributed by atoms with Crippen LogP contribution in [0.25, 0.3) is 0 Å². The van der Waals surface area contributed by atoms with Crippen molar-refractivity contribution in [1.29, 1.82) is 0 Å². The smallest absolute Gasteiger partial charge is 0.412 e. The minimum Gasteiger partial charge on any atom is -0.412 e. The molecule has 4 radical (unpaired) electrons. The van der Waals surface area contributed by atoms with Crippen molar-refractivity contribution in [3.05, 3.63) is 0 Å².